The maximum atomic E-state index is 4.69. The van der Waals surface area contributed by atoms with Crippen molar-refractivity contribution in [3.8, 4) is 11.3 Å². The Morgan fingerprint density at radius 3 is 2.48 bits per heavy atom. The molecule has 2 aromatic carbocycles. The van der Waals surface area contributed by atoms with Gasteiger partial charge in [-0.3, -0.25) is 0 Å². The molecular formula is C17H16BrN3. The Morgan fingerprint density at radius 1 is 1.05 bits per heavy atom. The molecule has 1 heterocycles. The van der Waals surface area contributed by atoms with E-state index in [1.807, 2.05) is 42.5 Å². The van der Waals surface area contributed by atoms with E-state index in [0.717, 1.165) is 32.9 Å². The highest BCUT2D eigenvalue weighted by atomic mass is 79.9. The van der Waals surface area contributed by atoms with Gasteiger partial charge in [-0.1, -0.05) is 46.3 Å². The number of benzene rings is 2. The summed E-state index contributed by atoms with van der Waals surface area (Å²) >= 11 is 3.45. The topological polar surface area (TPSA) is 40.7 Å². The fourth-order valence-electron chi connectivity index (χ4n) is 2.24. The average molecular weight is 342 g/mol. The molecule has 0 saturated carbocycles. The number of imidazole rings is 1. The molecule has 0 bridgehead atoms. The van der Waals surface area contributed by atoms with E-state index in [0.29, 0.717) is 6.54 Å². The number of para-hydroxylation sites is 1. The molecule has 3 nitrogen and oxygen atoms in total. The minimum Gasteiger partial charge on any atom is -0.378 e. The van der Waals surface area contributed by atoms with Gasteiger partial charge >= 0.3 is 0 Å². The smallest absolute Gasteiger partial charge is 0.126 e. The summed E-state index contributed by atoms with van der Waals surface area (Å²) in [6.45, 7) is 2.73. The summed E-state index contributed by atoms with van der Waals surface area (Å²) < 4.78 is 1.07. The number of hydrogen-bond acceptors (Lipinski definition) is 2. The number of anilines is 1. The van der Waals surface area contributed by atoms with Gasteiger partial charge in [0.25, 0.3) is 0 Å². The van der Waals surface area contributed by atoms with E-state index in [-0.39, 0.29) is 0 Å². The summed E-state index contributed by atoms with van der Waals surface area (Å²) in [6, 6.07) is 18.3. The maximum absolute atomic E-state index is 4.69. The molecule has 0 aliphatic rings. The standard InChI is InChI=1S/C17H16BrN3/c1-12-17(13-7-9-14(18)10-8-13)21-16(20-12)11-19-15-5-3-2-4-6-15/h2-10,19H,11H2,1H3,(H,20,21). The molecule has 0 fully saturated rings. The Kier molecular flexibility index (Phi) is 4.06. The summed E-state index contributed by atoms with van der Waals surface area (Å²) in [5, 5.41) is 3.36. The van der Waals surface area contributed by atoms with Crippen LogP contribution >= 0.6 is 15.9 Å². The van der Waals surface area contributed by atoms with E-state index in [4.69, 9.17) is 4.98 Å². The van der Waals surface area contributed by atoms with E-state index < -0.39 is 0 Å². The number of H-pyrrole nitrogens is 1. The first kappa shape index (κ1) is 13.9. The Bertz CT molecular complexity index is 718. The molecule has 1 aromatic heterocycles. The highest BCUT2D eigenvalue weighted by Crippen LogP contribution is 2.23. The monoisotopic (exact) mass is 341 g/mol. The maximum Gasteiger partial charge on any atom is 0.126 e. The summed E-state index contributed by atoms with van der Waals surface area (Å²) in [4.78, 5) is 8.03. The van der Waals surface area contributed by atoms with Gasteiger partial charge in [0.05, 0.1) is 12.2 Å². The molecule has 0 saturated heterocycles. The molecule has 0 unspecified atom stereocenters. The lowest BCUT2D eigenvalue weighted by atomic mass is 10.1. The molecule has 0 radical (unpaired) electrons. The lowest BCUT2D eigenvalue weighted by Crippen LogP contribution is -2.00. The number of aromatic nitrogens is 2. The number of nitrogens with zero attached hydrogens (tertiary/aromatic N) is 1. The highest BCUT2D eigenvalue weighted by Gasteiger charge is 2.08. The van der Waals surface area contributed by atoms with Crippen molar-refractivity contribution in [1.29, 1.82) is 0 Å². The number of halogens is 1. The zero-order chi connectivity index (χ0) is 14.7. The minimum absolute atomic E-state index is 0.682. The Morgan fingerprint density at radius 2 is 1.76 bits per heavy atom. The van der Waals surface area contributed by atoms with Gasteiger partial charge in [-0.15, -0.1) is 0 Å². The van der Waals surface area contributed by atoms with Crippen LogP contribution in [0.3, 0.4) is 0 Å². The highest BCUT2D eigenvalue weighted by molar-refractivity contribution is 9.10. The van der Waals surface area contributed by atoms with E-state index >= 15 is 0 Å². The summed E-state index contributed by atoms with van der Waals surface area (Å²) in [7, 11) is 0. The zero-order valence-corrected chi connectivity index (χ0v) is 13.3. The van der Waals surface area contributed by atoms with E-state index in [2.05, 4.69) is 45.3 Å². The van der Waals surface area contributed by atoms with Gasteiger partial charge in [0.1, 0.15) is 5.82 Å². The molecule has 0 atom stereocenters. The van der Waals surface area contributed by atoms with Crippen LogP contribution in [0.2, 0.25) is 0 Å². The zero-order valence-electron chi connectivity index (χ0n) is 11.7. The van der Waals surface area contributed by atoms with Gasteiger partial charge in [-0.2, -0.15) is 0 Å². The summed E-state index contributed by atoms with van der Waals surface area (Å²) in [6.07, 6.45) is 0. The number of nitrogens with one attached hydrogen (secondary N) is 2. The van der Waals surface area contributed by atoms with Gasteiger partial charge in [-0.05, 0) is 31.2 Å². The van der Waals surface area contributed by atoms with Crippen molar-refractivity contribution in [2.24, 2.45) is 0 Å². The Hall–Kier alpha value is -2.07. The van der Waals surface area contributed by atoms with Crippen LogP contribution in [0.15, 0.2) is 59.1 Å². The second-order valence-electron chi connectivity index (χ2n) is 4.88. The van der Waals surface area contributed by atoms with Crippen LogP contribution in [0, 0.1) is 6.92 Å². The third kappa shape index (κ3) is 3.34. The number of aromatic amines is 1. The largest absolute Gasteiger partial charge is 0.378 e. The molecular weight excluding hydrogens is 326 g/mol. The van der Waals surface area contributed by atoms with Crippen molar-refractivity contribution in [3.05, 3.63) is 70.6 Å². The van der Waals surface area contributed by atoms with Gasteiger partial charge in [-0.25, -0.2) is 4.98 Å². The van der Waals surface area contributed by atoms with Crippen molar-refractivity contribution in [2.45, 2.75) is 13.5 Å². The van der Waals surface area contributed by atoms with Crippen molar-refractivity contribution in [2.75, 3.05) is 5.32 Å². The van der Waals surface area contributed by atoms with Crippen molar-refractivity contribution >= 4 is 21.6 Å². The molecule has 0 amide bonds. The van der Waals surface area contributed by atoms with Crippen molar-refractivity contribution in [1.82, 2.24) is 9.97 Å². The number of hydrogen-bond donors (Lipinski definition) is 2. The second kappa shape index (κ2) is 6.14. The minimum atomic E-state index is 0.682. The predicted octanol–water partition coefficient (Wildman–Crippen LogP) is 4.76. The molecule has 2 N–H and O–H groups in total. The predicted molar refractivity (Wildman–Crippen MR) is 90.2 cm³/mol. The van der Waals surface area contributed by atoms with Gasteiger partial charge in [0.2, 0.25) is 0 Å². The van der Waals surface area contributed by atoms with E-state index in [1.54, 1.807) is 0 Å². The molecule has 4 heteroatoms. The average Bonchev–Trinajstić information content (AvgIpc) is 2.88. The molecule has 3 aromatic rings. The number of aryl methyl sites for hydroxylation is 1. The lowest BCUT2D eigenvalue weighted by Gasteiger charge is -2.03. The molecule has 106 valence electrons. The molecule has 21 heavy (non-hydrogen) atoms. The fourth-order valence-corrected chi connectivity index (χ4v) is 2.50. The van der Waals surface area contributed by atoms with Crippen LogP contribution in [-0.4, -0.2) is 9.97 Å². The Labute approximate surface area is 132 Å². The van der Waals surface area contributed by atoms with Crippen LogP contribution in [0.4, 0.5) is 5.69 Å². The summed E-state index contributed by atoms with van der Waals surface area (Å²) in [5.41, 5.74) is 4.31. The normalized spacial score (nSPS) is 10.6. The molecule has 0 aliphatic carbocycles. The first-order valence-electron chi connectivity index (χ1n) is 6.83. The van der Waals surface area contributed by atoms with E-state index in [1.165, 1.54) is 0 Å². The first-order chi connectivity index (χ1) is 10.2. The van der Waals surface area contributed by atoms with Crippen molar-refractivity contribution in [3.63, 3.8) is 0 Å². The van der Waals surface area contributed by atoms with E-state index in [9.17, 15) is 0 Å². The van der Waals surface area contributed by atoms with Gasteiger partial charge < -0.3 is 10.3 Å². The SMILES string of the molecule is Cc1[nH]c(CNc2ccccc2)nc1-c1ccc(Br)cc1. The second-order valence-corrected chi connectivity index (χ2v) is 5.80. The van der Waals surface area contributed by atoms with Crippen LogP contribution in [0.1, 0.15) is 11.5 Å². The molecule has 0 spiro atoms. The van der Waals surface area contributed by atoms with Gasteiger partial charge in [0.15, 0.2) is 0 Å². The first-order valence-corrected chi connectivity index (χ1v) is 7.62. The van der Waals surface area contributed by atoms with Crippen LogP contribution in [0.5, 0.6) is 0 Å². The van der Waals surface area contributed by atoms with Crippen molar-refractivity contribution < 1.29 is 0 Å². The third-order valence-corrected chi connectivity index (χ3v) is 3.81. The molecule has 0 aliphatic heterocycles. The van der Waals surface area contributed by atoms with Gasteiger partial charge in [0, 0.05) is 21.4 Å². The van der Waals surface area contributed by atoms with Crippen LogP contribution in [0.25, 0.3) is 11.3 Å². The van der Waals surface area contributed by atoms with Crippen LogP contribution < -0.4 is 5.32 Å². The summed E-state index contributed by atoms with van der Waals surface area (Å²) in [5.74, 6) is 0.939. The fraction of sp³-hybridized carbons (Fsp3) is 0.118. The Balaban J connectivity index is 1.76. The third-order valence-electron chi connectivity index (χ3n) is 3.29. The lowest BCUT2D eigenvalue weighted by molar-refractivity contribution is 0.993. The quantitative estimate of drug-likeness (QED) is 0.718. The number of rotatable bonds is 4. The van der Waals surface area contributed by atoms with Crippen LogP contribution in [-0.2, 0) is 6.54 Å². The molecule has 3 rings (SSSR count).